The fourth-order valence-corrected chi connectivity index (χ4v) is 7.33. The van der Waals surface area contributed by atoms with Crippen LogP contribution in [-0.2, 0) is 20.0 Å². The first-order valence-electron chi connectivity index (χ1n) is 10.0. The lowest BCUT2D eigenvalue weighted by atomic mass is 10.1. The van der Waals surface area contributed by atoms with Crippen LogP contribution in [0, 0.1) is 81.4 Å². The van der Waals surface area contributed by atoms with Crippen LogP contribution in [0.4, 0.5) is 61.5 Å². The molecule has 0 aliphatic heterocycles. The third-order valence-electron chi connectivity index (χ3n) is 5.79. The third kappa shape index (κ3) is 3.85. The highest BCUT2D eigenvalue weighted by Gasteiger charge is 2.45. The monoisotopic (exact) mass is 663 g/mol. The molecule has 0 heterocycles. The Hall–Kier alpha value is -3.72. The Bertz CT molecular complexity index is 1970. The van der Waals surface area contributed by atoms with Crippen LogP contribution in [0.25, 0.3) is 21.5 Å². The summed E-state index contributed by atoms with van der Waals surface area (Å²) in [4.78, 5) is -5.65. The molecular formula is C21H3F14NO4S2. The first kappa shape index (κ1) is 31.2. The highest BCUT2D eigenvalue weighted by atomic mass is 32.3. The summed E-state index contributed by atoms with van der Waals surface area (Å²) in [7, 11) is -13.9. The van der Waals surface area contributed by atoms with Crippen molar-refractivity contribution >= 4 is 41.6 Å². The van der Waals surface area contributed by atoms with Crippen LogP contribution < -0.4 is 0 Å². The van der Waals surface area contributed by atoms with Crippen molar-refractivity contribution in [1.82, 2.24) is 3.71 Å². The highest BCUT2D eigenvalue weighted by molar-refractivity contribution is 8.04. The first-order chi connectivity index (χ1) is 19.1. The van der Waals surface area contributed by atoms with Crippen LogP contribution in [-0.4, -0.2) is 27.6 Å². The fraction of sp³-hybridized carbons (Fsp3) is 0.0476. The molecule has 4 aromatic rings. The molecule has 42 heavy (non-hydrogen) atoms. The zero-order valence-electron chi connectivity index (χ0n) is 19.2. The van der Waals surface area contributed by atoms with E-state index in [1.165, 1.54) is 0 Å². The molecule has 0 aromatic heterocycles. The molecule has 4 rings (SSSR count). The van der Waals surface area contributed by atoms with Crippen LogP contribution >= 0.6 is 0 Å². The van der Waals surface area contributed by atoms with Crippen molar-refractivity contribution in [3.63, 3.8) is 0 Å². The number of hydrogen-bond acceptors (Lipinski definition) is 4. The lowest BCUT2D eigenvalue weighted by molar-refractivity contribution is 0.404. The normalized spacial score (nSPS) is 12.8. The van der Waals surface area contributed by atoms with Gasteiger partial charge in [-0.3, -0.25) is 0 Å². The summed E-state index contributed by atoms with van der Waals surface area (Å²) >= 11 is 0. The predicted octanol–water partition coefficient (Wildman–Crippen LogP) is 5.95. The Balaban J connectivity index is 2.20. The van der Waals surface area contributed by atoms with Gasteiger partial charge in [0.15, 0.2) is 81.4 Å². The van der Waals surface area contributed by atoms with Crippen LogP contribution in [0.5, 0.6) is 0 Å². The molecule has 0 saturated carbocycles. The Morgan fingerprint density at radius 2 is 0.524 bits per heavy atom. The van der Waals surface area contributed by atoms with Gasteiger partial charge < -0.3 is 0 Å². The molecular weight excluding hydrogens is 660 g/mol. The number of nitrogens with zero attached hydrogens (tertiary/aromatic N) is 1. The van der Waals surface area contributed by atoms with Gasteiger partial charge in [-0.2, -0.15) is 0 Å². The summed E-state index contributed by atoms with van der Waals surface area (Å²) in [5.41, 5.74) is 0. The maximum absolute atomic E-state index is 14.7. The van der Waals surface area contributed by atoms with Gasteiger partial charge in [-0.15, -0.1) is 0 Å². The van der Waals surface area contributed by atoms with Gasteiger partial charge in [-0.05, 0) is 0 Å². The lowest BCUT2D eigenvalue weighted by Crippen LogP contribution is -2.35. The molecule has 21 heteroatoms. The summed E-state index contributed by atoms with van der Waals surface area (Å²) in [5.74, 6) is -41.5. The minimum Gasteiger partial charge on any atom is -0.206 e. The number of fused-ring (bicyclic) bond motifs is 2. The molecule has 226 valence electrons. The van der Waals surface area contributed by atoms with Gasteiger partial charge in [0.25, 0.3) is 20.0 Å². The molecule has 0 bridgehead atoms. The van der Waals surface area contributed by atoms with Gasteiger partial charge in [0.1, 0.15) is 9.79 Å². The van der Waals surface area contributed by atoms with E-state index in [0.717, 1.165) is 0 Å². The molecule has 0 aliphatic carbocycles. The van der Waals surface area contributed by atoms with Crippen molar-refractivity contribution in [2.45, 2.75) is 9.79 Å². The largest absolute Gasteiger partial charge is 0.259 e. The van der Waals surface area contributed by atoms with Crippen LogP contribution in [0.2, 0.25) is 0 Å². The number of rotatable bonds is 4. The number of hydrogen-bond donors (Lipinski definition) is 0. The van der Waals surface area contributed by atoms with Crippen molar-refractivity contribution < 1.29 is 78.3 Å². The second-order valence-corrected chi connectivity index (χ2v) is 12.0. The second kappa shape index (κ2) is 9.66. The molecule has 0 atom stereocenters. The molecule has 5 nitrogen and oxygen atoms in total. The third-order valence-corrected chi connectivity index (χ3v) is 10.1. The Kier molecular flexibility index (Phi) is 7.18. The van der Waals surface area contributed by atoms with Crippen molar-refractivity contribution in [2.24, 2.45) is 0 Å². The van der Waals surface area contributed by atoms with E-state index in [1.807, 2.05) is 0 Å². The number of halogens is 14. The summed E-state index contributed by atoms with van der Waals surface area (Å²) in [6, 6.07) is 0. The average Bonchev–Trinajstić information content (AvgIpc) is 2.92. The van der Waals surface area contributed by atoms with E-state index in [2.05, 4.69) is 0 Å². The van der Waals surface area contributed by atoms with Crippen LogP contribution in [0.15, 0.2) is 9.79 Å². The van der Waals surface area contributed by atoms with E-state index in [0.29, 0.717) is 0 Å². The van der Waals surface area contributed by atoms with E-state index in [1.54, 1.807) is 0 Å². The molecule has 0 saturated heterocycles. The SMILES string of the molecule is CN(S(=O)(=O)c1c(F)c(F)c(F)c2c(F)c(F)c(F)c(F)c12)S(=O)(=O)c1c(F)c(F)c(F)c2c(F)c(F)c(F)c(F)c12. The summed E-state index contributed by atoms with van der Waals surface area (Å²) in [6.45, 7) is 0. The number of sulfonamides is 2. The molecule has 0 N–H and O–H groups in total. The van der Waals surface area contributed by atoms with E-state index in [9.17, 15) is 78.3 Å². The van der Waals surface area contributed by atoms with Gasteiger partial charge in [-0.25, -0.2) is 78.3 Å². The van der Waals surface area contributed by atoms with Crippen molar-refractivity contribution in [1.29, 1.82) is 0 Å². The van der Waals surface area contributed by atoms with Crippen LogP contribution in [0.3, 0.4) is 0 Å². The Labute approximate surface area is 222 Å². The number of benzene rings is 4. The zero-order valence-corrected chi connectivity index (χ0v) is 20.8. The quantitative estimate of drug-likeness (QED) is 0.154. The van der Waals surface area contributed by atoms with E-state index in [-0.39, 0.29) is 7.05 Å². The summed E-state index contributed by atoms with van der Waals surface area (Å²) < 4.78 is 250. The van der Waals surface area contributed by atoms with Crippen molar-refractivity contribution in [3.05, 3.63) is 81.4 Å². The van der Waals surface area contributed by atoms with Gasteiger partial charge in [-0.1, -0.05) is 3.71 Å². The molecule has 0 fully saturated rings. The maximum atomic E-state index is 14.7. The average molecular weight is 663 g/mol. The van der Waals surface area contributed by atoms with Crippen molar-refractivity contribution in [3.8, 4) is 0 Å². The molecule has 0 amide bonds. The second-order valence-electron chi connectivity index (χ2n) is 7.94. The summed E-state index contributed by atoms with van der Waals surface area (Å²) in [6.07, 6.45) is 0. The van der Waals surface area contributed by atoms with Gasteiger partial charge >= 0.3 is 0 Å². The Morgan fingerprint density at radius 3 is 0.762 bits per heavy atom. The van der Waals surface area contributed by atoms with Crippen molar-refractivity contribution in [2.75, 3.05) is 7.05 Å². The molecule has 0 radical (unpaired) electrons. The van der Waals surface area contributed by atoms with Gasteiger partial charge in [0, 0.05) is 17.8 Å². The molecule has 0 aliphatic rings. The van der Waals surface area contributed by atoms with E-state index < -0.39 is 137 Å². The summed E-state index contributed by atoms with van der Waals surface area (Å²) in [5, 5.41) is -9.90. The standard InChI is InChI=1S/C21H3F14NO4S2/c1-36(41(37,38)20-4-2(8(24)16(32)18(20)34)6(22)12(28)14(30)10(4)26)42(39,40)21-5-3(9(25)17(33)19(21)35)7(23)13(29)15(31)11(5)27/h1H3. The van der Waals surface area contributed by atoms with E-state index in [4.69, 9.17) is 0 Å². The minimum atomic E-state index is -6.76. The predicted molar refractivity (Wildman–Crippen MR) is 109 cm³/mol. The maximum Gasteiger partial charge on any atom is 0.259 e. The molecule has 0 unspecified atom stereocenters. The highest BCUT2D eigenvalue weighted by Crippen LogP contribution is 2.41. The van der Waals surface area contributed by atoms with Crippen LogP contribution in [0.1, 0.15) is 0 Å². The molecule has 4 aromatic carbocycles. The zero-order chi connectivity index (χ0) is 32.1. The smallest absolute Gasteiger partial charge is 0.206 e. The van der Waals surface area contributed by atoms with Gasteiger partial charge in [0.2, 0.25) is 0 Å². The topological polar surface area (TPSA) is 71.5 Å². The Morgan fingerprint density at radius 1 is 0.333 bits per heavy atom. The minimum absolute atomic E-state index is 0.341. The van der Waals surface area contributed by atoms with Gasteiger partial charge in [0.05, 0.1) is 10.8 Å². The van der Waals surface area contributed by atoms with E-state index >= 15 is 0 Å². The fourth-order valence-electron chi connectivity index (χ4n) is 3.80. The first-order valence-corrected chi connectivity index (χ1v) is 12.9. The lowest BCUT2D eigenvalue weighted by Gasteiger charge is -2.22. The molecule has 0 spiro atoms.